The van der Waals surface area contributed by atoms with Crippen LogP contribution < -0.4 is 10.6 Å². The molecule has 0 radical (unpaired) electrons. The summed E-state index contributed by atoms with van der Waals surface area (Å²) >= 11 is 1.23. The van der Waals surface area contributed by atoms with E-state index in [1.54, 1.807) is 5.38 Å². The molecular weight excluding hydrogens is 562 g/mol. The maximum Gasteiger partial charge on any atom is 0.416 e. The fraction of sp³-hybridized carbons (Fsp3) is 0.333. The zero-order valence-electron chi connectivity index (χ0n) is 19.2. The number of carboxylic acids is 1. The van der Waals surface area contributed by atoms with E-state index in [1.807, 2.05) is 0 Å². The van der Waals surface area contributed by atoms with Gasteiger partial charge in [-0.15, -0.1) is 16.4 Å². The van der Waals surface area contributed by atoms with Gasteiger partial charge < -0.3 is 20.5 Å². The van der Waals surface area contributed by atoms with E-state index in [9.17, 15) is 40.7 Å². The van der Waals surface area contributed by atoms with E-state index in [2.05, 4.69) is 25.9 Å². The first-order chi connectivity index (χ1) is 18.2. The summed E-state index contributed by atoms with van der Waals surface area (Å²) in [6.07, 6.45) is -11.8. The highest BCUT2D eigenvalue weighted by Gasteiger charge is 2.51. The second kappa shape index (κ2) is 10.6. The molecule has 3 aromatic rings. The Balaban J connectivity index is 1.46. The van der Waals surface area contributed by atoms with Gasteiger partial charge in [0.25, 0.3) is 5.91 Å². The zero-order valence-corrected chi connectivity index (χ0v) is 20.0. The number of aliphatic carboxylic acids is 1. The third kappa shape index (κ3) is 6.88. The van der Waals surface area contributed by atoms with Crippen LogP contribution in [0, 0.1) is 0 Å². The Labute approximate surface area is 217 Å². The molecule has 2 amide bonds. The molecule has 1 aliphatic heterocycles. The van der Waals surface area contributed by atoms with Gasteiger partial charge in [-0.25, -0.2) is 14.5 Å². The number of amides is 2. The monoisotopic (exact) mass is 578 g/mol. The number of nitrogens with one attached hydrogen (secondary N) is 2. The summed E-state index contributed by atoms with van der Waals surface area (Å²) < 4.78 is 84.4. The lowest BCUT2D eigenvalue weighted by Gasteiger charge is -2.17. The number of hydrogen-bond donors (Lipinski definition) is 3. The van der Waals surface area contributed by atoms with Gasteiger partial charge in [-0.2, -0.15) is 26.3 Å². The van der Waals surface area contributed by atoms with E-state index in [0.29, 0.717) is 22.5 Å². The number of epoxide rings is 1. The standard InChI is InChI=1S/C21H16F6N6O5S/c22-20(23,24)9-1-10(21(25,26)27)3-13(2-9)33-6-12(31-32-33)5-28-17(34)14(4-11-7-39-8-29-11)30-18(35)15-16(38-15)19(36)37/h1-3,6-8,14-16H,4-5H2,(H,28,34)(H,30,35)(H,36,37)/t14-,15-,16-/m0/s1. The third-order valence-electron chi connectivity index (χ3n) is 5.34. The van der Waals surface area contributed by atoms with Gasteiger partial charge >= 0.3 is 18.3 Å². The molecule has 0 spiro atoms. The smallest absolute Gasteiger partial charge is 0.416 e. The summed E-state index contributed by atoms with van der Waals surface area (Å²) in [5.74, 6) is -2.94. The van der Waals surface area contributed by atoms with Gasteiger partial charge in [0.05, 0.1) is 40.8 Å². The average molecular weight is 578 g/mol. The fourth-order valence-electron chi connectivity index (χ4n) is 3.39. The van der Waals surface area contributed by atoms with Gasteiger partial charge in [-0.1, -0.05) is 5.21 Å². The quantitative estimate of drug-likeness (QED) is 0.258. The number of benzene rings is 1. The van der Waals surface area contributed by atoms with Crippen LogP contribution in [0.4, 0.5) is 26.3 Å². The molecule has 4 rings (SSSR count). The molecule has 0 unspecified atom stereocenters. The molecule has 3 heterocycles. The zero-order chi connectivity index (χ0) is 28.5. The van der Waals surface area contributed by atoms with Crippen LogP contribution in [0.3, 0.4) is 0 Å². The first kappa shape index (κ1) is 28.0. The summed E-state index contributed by atoms with van der Waals surface area (Å²) in [7, 11) is 0. The van der Waals surface area contributed by atoms with Crippen molar-refractivity contribution in [2.24, 2.45) is 0 Å². The molecule has 1 aliphatic rings. The summed E-state index contributed by atoms with van der Waals surface area (Å²) in [6.45, 7) is -0.356. The Morgan fingerprint density at radius 3 is 2.26 bits per heavy atom. The Hall–Kier alpha value is -4.06. The van der Waals surface area contributed by atoms with E-state index in [1.165, 1.54) is 16.8 Å². The largest absolute Gasteiger partial charge is 0.479 e. The number of alkyl halides is 6. The van der Waals surface area contributed by atoms with Crippen molar-refractivity contribution in [3.05, 3.63) is 57.8 Å². The number of halogens is 6. The van der Waals surface area contributed by atoms with Crippen LogP contribution in [0.2, 0.25) is 0 Å². The van der Waals surface area contributed by atoms with E-state index < -0.39 is 65.2 Å². The van der Waals surface area contributed by atoms with Crippen molar-refractivity contribution >= 4 is 29.1 Å². The normalized spacial score (nSPS) is 17.9. The number of hydrogen-bond acceptors (Lipinski definition) is 8. The fourth-order valence-corrected chi connectivity index (χ4v) is 3.96. The van der Waals surface area contributed by atoms with Crippen molar-refractivity contribution in [3.8, 4) is 5.69 Å². The maximum absolute atomic E-state index is 13.2. The van der Waals surface area contributed by atoms with Crippen LogP contribution in [0.1, 0.15) is 22.5 Å². The third-order valence-corrected chi connectivity index (χ3v) is 5.98. The Kier molecular flexibility index (Phi) is 7.60. The van der Waals surface area contributed by atoms with E-state index in [4.69, 9.17) is 9.84 Å². The number of carboxylic acid groups (broad SMARTS) is 1. The highest BCUT2D eigenvalue weighted by atomic mass is 32.1. The van der Waals surface area contributed by atoms with Crippen LogP contribution in [-0.2, 0) is 44.4 Å². The minimum Gasteiger partial charge on any atom is -0.479 e. The van der Waals surface area contributed by atoms with Crippen LogP contribution in [0.5, 0.6) is 0 Å². The van der Waals surface area contributed by atoms with Crippen molar-refractivity contribution in [3.63, 3.8) is 0 Å². The summed E-state index contributed by atoms with van der Waals surface area (Å²) in [5, 5.41) is 22.6. The van der Waals surface area contributed by atoms with Crippen molar-refractivity contribution in [1.29, 1.82) is 0 Å². The molecule has 1 fully saturated rings. The lowest BCUT2D eigenvalue weighted by Crippen LogP contribution is -2.49. The molecule has 0 aliphatic carbocycles. The molecular formula is C21H16F6N6O5S. The molecule has 0 saturated carbocycles. The molecule has 39 heavy (non-hydrogen) atoms. The summed E-state index contributed by atoms with van der Waals surface area (Å²) in [4.78, 5) is 40.1. The second-order valence-corrected chi connectivity index (χ2v) is 8.92. The topological polar surface area (TPSA) is 152 Å². The van der Waals surface area contributed by atoms with Gasteiger partial charge in [0.2, 0.25) is 5.91 Å². The van der Waals surface area contributed by atoms with Gasteiger partial charge in [0.15, 0.2) is 12.2 Å². The molecule has 208 valence electrons. The molecule has 1 saturated heterocycles. The minimum atomic E-state index is -5.06. The van der Waals surface area contributed by atoms with E-state index in [0.717, 1.165) is 6.20 Å². The van der Waals surface area contributed by atoms with Crippen LogP contribution in [0.15, 0.2) is 35.3 Å². The van der Waals surface area contributed by atoms with E-state index >= 15 is 0 Å². The first-order valence-electron chi connectivity index (χ1n) is 10.8. The lowest BCUT2D eigenvalue weighted by molar-refractivity contribution is -0.143. The first-order valence-corrected chi connectivity index (χ1v) is 11.7. The van der Waals surface area contributed by atoms with Gasteiger partial charge in [-0.3, -0.25) is 9.59 Å². The summed E-state index contributed by atoms with van der Waals surface area (Å²) in [6, 6.07) is -0.304. The predicted molar refractivity (Wildman–Crippen MR) is 117 cm³/mol. The Morgan fingerprint density at radius 2 is 1.72 bits per heavy atom. The van der Waals surface area contributed by atoms with Gasteiger partial charge in [-0.05, 0) is 18.2 Å². The number of nitrogens with zero attached hydrogens (tertiary/aromatic N) is 4. The van der Waals surface area contributed by atoms with Crippen LogP contribution in [-0.4, -0.2) is 61.1 Å². The van der Waals surface area contributed by atoms with Gasteiger partial charge in [0.1, 0.15) is 11.7 Å². The van der Waals surface area contributed by atoms with Crippen molar-refractivity contribution in [1.82, 2.24) is 30.6 Å². The van der Waals surface area contributed by atoms with Crippen LogP contribution in [0.25, 0.3) is 5.69 Å². The molecule has 11 nitrogen and oxygen atoms in total. The molecule has 0 bridgehead atoms. The minimum absolute atomic E-state index is 0.0236. The van der Waals surface area contributed by atoms with Gasteiger partial charge in [0, 0.05) is 11.8 Å². The van der Waals surface area contributed by atoms with E-state index in [-0.39, 0.29) is 24.7 Å². The SMILES string of the molecule is O=C(NCc1cn(-c2cc(C(F)(F)F)cc(C(F)(F)F)c2)nn1)[C@H](Cc1cscn1)NC(=O)[C@H]1O[C@@H]1C(=O)O. The highest BCUT2D eigenvalue weighted by molar-refractivity contribution is 7.07. The Morgan fingerprint density at radius 1 is 1.05 bits per heavy atom. The number of carbonyl (C=O) groups excluding carboxylic acids is 2. The maximum atomic E-state index is 13.2. The number of ether oxygens (including phenoxy) is 1. The number of rotatable bonds is 9. The Bertz CT molecular complexity index is 1340. The average Bonchev–Trinajstić information content (AvgIpc) is 3.25. The van der Waals surface area contributed by atoms with Crippen molar-refractivity contribution in [2.75, 3.05) is 0 Å². The number of carbonyl (C=O) groups is 3. The lowest BCUT2D eigenvalue weighted by atomic mass is 10.1. The van der Waals surface area contributed by atoms with Crippen molar-refractivity contribution in [2.45, 2.75) is 43.6 Å². The molecule has 3 atom stereocenters. The van der Waals surface area contributed by atoms with Crippen LogP contribution >= 0.6 is 11.3 Å². The number of aromatic nitrogens is 4. The highest BCUT2D eigenvalue weighted by Crippen LogP contribution is 2.37. The molecule has 18 heteroatoms. The summed E-state index contributed by atoms with van der Waals surface area (Å²) in [5.41, 5.74) is -1.72. The number of thiazole rings is 1. The molecule has 2 aromatic heterocycles. The molecule has 1 aromatic carbocycles. The van der Waals surface area contributed by atoms with Crippen molar-refractivity contribution < 1.29 is 50.6 Å². The molecule has 3 N–H and O–H groups in total. The predicted octanol–water partition coefficient (Wildman–Crippen LogP) is 1.96. The second-order valence-electron chi connectivity index (χ2n) is 8.20.